The van der Waals surface area contributed by atoms with Gasteiger partial charge in [-0.15, -0.1) is 0 Å². The van der Waals surface area contributed by atoms with Gasteiger partial charge in [0.25, 0.3) is 5.91 Å². The van der Waals surface area contributed by atoms with Crippen molar-refractivity contribution in [3.8, 4) is 0 Å². The minimum absolute atomic E-state index is 0.218. The molecule has 0 radical (unpaired) electrons. The number of amides is 1. The number of imidazole rings is 1. The molecule has 36 heavy (non-hydrogen) atoms. The summed E-state index contributed by atoms with van der Waals surface area (Å²) in [5, 5.41) is 4.88. The second-order valence-corrected chi connectivity index (χ2v) is 9.47. The molecule has 9 nitrogen and oxygen atoms in total. The highest BCUT2D eigenvalue weighted by Gasteiger charge is 2.36. The van der Waals surface area contributed by atoms with Crippen molar-refractivity contribution in [2.75, 3.05) is 18.5 Å². The summed E-state index contributed by atoms with van der Waals surface area (Å²) < 4.78 is 5.15. The number of aromatic amines is 1. The van der Waals surface area contributed by atoms with Crippen LogP contribution in [0.1, 0.15) is 48.9 Å². The fraction of sp³-hybridized carbons (Fsp3) is 0.320. The predicted molar refractivity (Wildman–Crippen MR) is 138 cm³/mol. The molecule has 1 fully saturated rings. The van der Waals surface area contributed by atoms with Gasteiger partial charge in [0.2, 0.25) is 0 Å². The number of hydrogen-bond donors (Lipinski definition) is 2. The molecule has 1 amide bonds. The number of esters is 1. The number of rotatable bonds is 6. The Morgan fingerprint density at radius 1 is 1.22 bits per heavy atom. The lowest BCUT2D eigenvalue weighted by Gasteiger charge is -2.23. The molecule has 0 unspecified atom stereocenters. The van der Waals surface area contributed by atoms with Crippen molar-refractivity contribution >= 4 is 62.8 Å². The van der Waals surface area contributed by atoms with E-state index >= 15 is 0 Å². The van der Waals surface area contributed by atoms with E-state index in [2.05, 4.69) is 25.3 Å². The Morgan fingerprint density at radius 2 is 2.06 bits per heavy atom. The van der Waals surface area contributed by atoms with Crippen LogP contribution in [0.4, 0.5) is 5.82 Å². The smallest absolute Gasteiger partial charge is 0.328 e. The summed E-state index contributed by atoms with van der Waals surface area (Å²) in [5.41, 5.74) is 2.49. The number of nitrogens with zero attached hydrogens (tertiary/aromatic N) is 4. The molecule has 2 aromatic carbocycles. The lowest BCUT2D eigenvalue weighted by molar-refractivity contribution is -0.147. The number of likely N-dealkylation sites (tertiary alicyclic amines) is 1. The third-order valence-corrected chi connectivity index (χ3v) is 6.80. The standard InChI is InChI=1S/C25H24Cl2N6O3/c1-3-36-25(35)21-5-4-8-33(21)24(34)15-11-19-16(10-17(15)27)23(29-12-28-19)30-13(2)22-31-18-7-6-14(26)9-20(18)32-22/h6-7,9-13,21H,3-5,8H2,1-2H3,(H,31,32)(H,28,29,30)/t13-,21+/m0/s1. The molecule has 186 valence electrons. The Morgan fingerprint density at radius 3 is 2.86 bits per heavy atom. The van der Waals surface area contributed by atoms with Gasteiger partial charge in [0.05, 0.1) is 39.8 Å². The lowest BCUT2D eigenvalue weighted by atomic mass is 10.1. The Bertz CT molecular complexity index is 1470. The molecular weight excluding hydrogens is 503 g/mol. The molecule has 0 bridgehead atoms. The number of nitrogens with one attached hydrogen (secondary N) is 2. The number of ether oxygens (including phenoxy) is 1. The minimum Gasteiger partial charge on any atom is -0.464 e. The molecule has 1 aliphatic rings. The molecule has 0 spiro atoms. The van der Waals surface area contributed by atoms with Gasteiger partial charge in [0, 0.05) is 17.0 Å². The van der Waals surface area contributed by atoms with E-state index in [-0.39, 0.29) is 29.1 Å². The highest BCUT2D eigenvalue weighted by molar-refractivity contribution is 6.35. The van der Waals surface area contributed by atoms with Crippen LogP contribution in [0, 0.1) is 0 Å². The molecular formula is C25H24Cl2N6O3. The summed E-state index contributed by atoms with van der Waals surface area (Å²) in [6.07, 6.45) is 2.72. The van der Waals surface area contributed by atoms with E-state index in [4.69, 9.17) is 27.9 Å². The number of benzene rings is 2. The topological polar surface area (TPSA) is 113 Å². The fourth-order valence-corrected chi connectivity index (χ4v) is 4.89. The molecule has 0 saturated carbocycles. The van der Waals surface area contributed by atoms with E-state index in [1.807, 2.05) is 13.0 Å². The van der Waals surface area contributed by atoms with Crippen molar-refractivity contribution in [1.29, 1.82) is 0 Å². The first-order valence-corrected chi connectivity index (χ1v) is 12.4. The highest BCUT2D eigenvalue weighted by Crippen LogP contribution is 2.31. The maximum absolute atomic E-state index is 13.3. The number of carbonyl (C=O) groups excluding carboxylic acids is 2. The zero-order chi connectivity index (χ0) is 25.4. The third-order valence-electron chi connectivity index (χ3n) is 6.25. The molecule has 2 N–H and O–H groups in total. The van der Waals surface area contributed by atoms with E-state index in [0.29, 0.717) is 34.7 Å². The Hall–Kier alpha value is -3.43. The van der Waals surface area contributed by atoms with E-state index in [1.54, 1.807) is 31.2 Å². The first kappa shape index (κ1) is 24.3. The van der Waals surface area contributed by atoms with Gasteiger partial charge in [-0.05, 0) is 57.0 Å². The summed E-state index contributed by atoms with van der Waals surface area (Å²) in [7, 11) is 0. The first-order valence-electron chi connectivity index (χ1n) is 11.7. The highest BCUT2D eigenvalue weighted by atomic mass is 35.5. The van der Waals surface area contributed by atoms with Crippen molar-refractivity contribution in [3.63, 3.8) is 0 Å². The quantitative estimate of drug-likeness (QED) is 0.333. The van der Waals surface area contributed by atoms with Crippen molar-refractivity contribution < 1.29 is 14.3 Å². The Balaban J connectivity index is 1.42. The summed E-state index contributed by atoms with van der Waals surface area (Å²) in [4.78, 5) is 43.9. The van der Waals surface area contributed by atoms with Crippen LogP contribution in [0.3, 0.4) is 0 Å². The summed E-state index contributed by atoms with van der Waals surface area (Å²) in [6, 6.07) is 7.98. The average molecular weight is 527 g/mol. The average Bonchev–Trinajstić information content (AvgIpc) is 3.51. The van der Waals surface area contributed by atoms with E-state index in [0.717, 1.165) is 23.3 Å². The van der Waals surface area contributed by atoms with Gasteiger partial charge in [0.15, 0.2) is 0 Å². The molecule has 5 rings (SSSR count). The van der Waals surface area contributed by atoms with Gasteiger partial charge in [-0.25, -0.2) is 19.7 Å². The normalized spacial score (nSPS) is 16.4. The van der Waals surface area contributed by atoms with Gasteiger partial charge < -0.3 is 19.9 Å². The van der Waals surface area contributed by atoms with Crippen LogP contribution in [-0.4, -0.2) is 55.9 Å². The van der Waals surface area contributed by atoms with Crippen molar-refractivity contribution in [2.24, 2.45) is 0 Å². The van der Waals surface area contributed by atoms with Crippen LogP contribution in [-0.2, 0) is 9.53 Å². The molecule has 11 heteroatoms. The third kappa shape index (κ3) is 4.56. The minimum atomic E-state index is -0.605. The van der Waals surface area contributed by atoms with Crippen LogP contribution in [0.15, 0.2) is 36.7 Å². The van der Waals surface area contributed by atoms with Crippen LogP contribution >= 0.6 is 23.2 Å². The van der Waals surface area contributed by atoms with Gasteiger partial charge in [-0.3, -0.25) is 4.79 Å². The number of anilines is 1. The van der Waals surface area contributed by atoms with Gasteiger partial charge >= 0.3 is 5.97 Å². The number of halogens is 2. The molecule has 3 heterocycles. The zero-order valence-corrected chi connectivity index (χ0v) is 21.2. The van der Waals surface area contributed by atoms with Crippen molar-refractivity contribution in [2.45, 2.75) is 38.8 Å². The number of fused-ring (bicyclic) bond motifs is 2. The number of carbonyl (C=O) groups is 2. The maximum atomic E-state index is 13.3. The Labute approximate surface area is 217 Å². The molecule has 2 atom stereocenters. The molecule has 2 aromatic heterocycles. The second-order valence-electron chi connectivity index (χ2n) is 8.63. The lowest BCUT2D eigenvalue weighted by Crippen LogP contribution is -2.41. The van der Waals surface area contributed by atoms with Crippen LogP contribution < -0.4 is 5.32 Å². The van der Waals surface area contributed by atoms with Gasteiger partial charge in [0.1, 0.15) is 24.0 Å². The van der Waals surface area contributed by atoms with E-state index < -0.39 is 12.0 Å². The molecule has 4 aromatic rings. The summed E-state index contributed by atoms with van der Waals surface area (Å²) in [5.74, 6) is 0.559. The van der Waals surface area contributed by atoms with E-state index in [1.165, 1.54) is 11.2 Å². The largest absolute Gasteiger partial charge is 0.464 e. The monoisotopic (exact) mass is 526 g/mol. The van der Waals surface area contributed by atoms with E-state index in [9.17, 15) is 9.59 Å². The van der Waals surface area contributed by atoms with Gasteiger partial charge in [-0.2, -0.15) is 0 Å². The second kappa shape index (κ2) is 9.91. The molecule has 0 aliphatic carbocycles. The predicted octanol–water partition coefficient (Wildman–Crippen LogP) is 5.15. The first-order chi connectivity index (χ1) is 17.4. The number of hydrogen-bond acceptors (Lipinski definition) is 7. The van der Waals surface area contributed by atoms with Crippen molar-refractivity contribution in [3.05, 3.63) is 58.1 Å². The van der Waals surface area contributed by atoms with Gasteiger partial charge in [-0.1, -0.05) is 23.2 Å². The Kier molecular flexibility index (Phi) is 6.68. The fourth-order valence-electron chi connectivity index (χ4n) is 4.48. The number of H-pyrrole nitrogens is 1. The van der Waals surface area contributed by atoms with Crippen LogP contribution in [0.5, 0.6) is 0 Å². The van der Waals surface area contributed by atoms with Crippen LogP contribution in [0.2, 0.25) is 10.0 Å². The summed E-state index contributed by atoms with van der Waals surface area (Å²) in [6.45, 7) is 4.43. The maximum Gasteiger partial charge on any atom is 0.328 e. The number of aromatic nitrogens is 4. The molecule has 1 aliphatic heterocycles. The van der Waals surface area contributed by atoms with Crippen LogP contribution in [0.25, 0.3) is 21.9 Å². The zero-order valence-electron chi connectivity index (χ0n) is 19.7. The SMILES string of the molecule is CCOC(=O)[C@H]1CCCN1C(=O)c1cc2ncnc(N[C@@H](C)c3nc4cc(Cl)ccc4[nH]3)c2cc1Cl. The summed E-state index contributed by atoms with van der Waals surface area (Å²) >= 11 is 12.7. The molecule has 1 saturated heterocycles. The van der Waals surface area contributed by atoms with Crippen molar-refractivity contribution in [1.82, 2.24) is 24.8 Å².